The van der Waals surface area contributed by atoms with Crippen molar-refractivity contribution in [1.82, 2.24) is 15.1 Å². The minimum Gasteiger partial charge on any atom is -0.341 e. The van der Waals surface area contributed by atoms with Crippen LogP contribution < -0.4 is 5.32 Å². The van der Waals surface area contributed by atoms with Gasteiger partial charge in [0, 0.05) is 19.5 Å². The molecule has 4 amide bonds. The van der Waals surface area contributed by atoms with Gasteiger partial charge in [-0.3, -0.25) is 14.5 Å². The number of rotatable bonds is 3. The predicted octanol–water partition coefficient (Wildman–Crippen LogP) is -0.0608. The van der Waals surface area contributed by atoms with Gasteiger partial charge in [0.15, 0.2) is 0 Å². The zero-order valence-corrected chi connectivity index (χ0v) is 9.94. The highest BCUT2D eigenvalue weighted by Crippen LogP contribution is 2.19. The van der Waals surface area contributed by atoms with Gasteiger partial charge in [-0.15, -0.1) is 0 Å². The number of carbonyl (C=O) groups is 3. The van der Waals surface area contributed by atoms with Crippen molar-refractivity contribution in [3.05, 3.63) is 0 Å². The summed E-state index contributed by atoms with van der Waals surface area (Å²) in [6, 6.07) is -0.476. The highest BCUT2D eigenvalue weighted by Gasteiger charge is 2.39. The van der Waals surface area contributed by atoms with Crippen LogP contribution in [-0.2, 0) is 9.59 Å². The molecule has 0 aromatic rings. The Morgan fingerprint density at radius 1 is 1.47 bits per heavy atom. The number of nitrogens with zero attached hydrogens (tertiary/aromatic N) is 2. The maximum Gasteiger partial charge on any atom is 0.324 e. The number of urea groups is 1. The molecule has 94 valence electrons. The SMILES string of the molecule is CCCC(=O)N1CCC(N2C(=O)CNC2=O)C1. The van der Waals surface area contributed by atoms with Crippen molar-refractivity contribution in [3.8, 4) is 0 Å². The second-order valence-electron chi connectivity index (χ2n) is 4.45. The Labute approximate surface area is 99.9 Å². The van der Waals surface area contributed by atoms with E-state index in [2.05, 4.69) is 5.32 Å². The van der Waals surface area contributed by atoms with Gasteiger partial charge in [-0.05, 0) is 12.8 Å². The topological polar surface area (TPSA) is 69.7 Å². The van der Waals surface area contributed by atoms with Crippen LogP contribution in [0.2, 0.25) is 0 Å². The smallest absolute Gasteiger partial charge is 0.324 e. The molecule has 0 saturated carbocycles. The predicted molar refractivity (Wildman–Crippen MR) is 60.1 cm³/mol. The third-order valence-electron chi connectivity index (χ3n) is 3.22. The second kappa shape index (κ2) is 4.73. The third kappa shape index (κ3) is 2.25. The number of hydrogen-bond acceptors (Lipinski definition) is 3. The van der Waals surface area contributed by atoms with E-state index in [9.17, 15) is 14.4 Å². The van der Waals surface area contributed by atoms with Crippen LogP contribution in [0.25, 0.3) is 0 Å². The molecule has 2 saturated heterocycles. The van der Waals surface area contributed by atoms with Crippen LogP contribution in [0.4, 0.5) is 4.79 Å². The Balaban J connectivity index is 1.95. The summed E-state index contributed by atoms with van der Waals surface area (Å²) in [5.41, 5.74) is 0. The van der Waals surface area contributed by atoms with E-state index in [0.29, 0.717) is 25.9 Å². The largest absolute Gasteiger partial charge is 0.341 e. The van der Waals surface area contributed by atoms with Crippen molar-refractivity contribution in [2.45, 2.75) is 32.2 Å². The third-order valence-corrected chi connectivity index (χ3v) is 3.22. The van der Waals surface area contributed by atoms with Crippen LogP contribution in [0.3, 0.4) is 0 Å². The van der Waals surface area contributed by atoms with Crippen molar-refractivity contribution in [1.29, 1.82) is 0 Å². The summed E-state index contributed by atoms with van der Waals surface area (Å²) in [5, 5.41) is 2.50. The van der Waals surface area contributed by atoms with Crippen LogP contribution in [-0.4, -0.2) is 53.3 Å². The molecule has 17 heavy (non-hydrogen) atoms. The lowest BCUT2D eigenvalue weighted by atomic mass is 10.2. The molecule has 0 aromatic heterocycles. The van der Waals surface area contributed by atoms with Gasteiger partial charge in [0.2, 0.25) is 11.8 Å². The Hall–Kier alpha value is -1.59. The fourth-order valence-corrected chi connectivity index (χ4v) is 2.36. The minimum atomic E-state index is -0.329. The zero-order valence-electron chi connectivity index (χ0n) is 9.94. The lowest BCUT2D eigenvalue weighted by molar-refractivity contribution is -0.131. The molecular formula is C11H17N3O3. The van der Waals surface area contributed by atoms with Gasteiger partial charge in [0.1, 0.15) is 0 Å². The van der Waals surface area contributed by atoms with E-state index in [-0.39, 0.29) is 30.4 Å². The van der Waals surface area contributed by atoms with Gasteiger partial charge in [-0.25, -0.2) is 4.79 Å². The van der Waals surface area contributed by atoms with Crippen LogP contribution in [0.1, 0.15) is 26.2 Å². The summed E-state index contributed by atoms with van der Waals surface area (Å²) in [6.45, 7) is 3.17. The van der Waals surface area contributed by atoms with E-state index in [1.165, 1.54) is 4.90 Å². The van der Waals surface area contributed by atoms with E-state index >= 15 is 0 Å². The summed E-state index contributed by atoms with van der Waals surface area (Å²) < 4.78 is 0. The molecule has 1 unspecified atom stereocenters. The van der Waals surface area contributed by atoms with E-state index in [1.54, 1.807) is 4.90 Å². The van der Waals surface area contributed by atoms with Gasteiger partial charge < -0.3 is 10.2 Å². The summed E-state index contributed by atoms with van der Waals surface area (Å²) in [5.74, 6) is -0.0770. The van der Waals surface area contributed by atoms with Crippen molar-refractivity contribution < 1.29 is 14.4 Å². The first-order chi connectivity index (χ1) is 8.13. The lowest BCUT2D eigenvalue weighted by Crippen LogP contribution is -2.42. The van der Waals surface area contributed by atoms with Crippen molar-refractivity contribution in [2.24, 2.45) is 0 Å². The average molecular weight is 239 g/mol. The van der Waals surface area contributed by atoms with Crippen molar-refractivity contribution in [3.63, 3.8) is 0 Å². The molecule has 0 radical (unpaired) electrons. The normalized spacial score (nSPS) is 24.4. The quantitative estimate of drug-likeness (QED) is 0.701. The van der Waals surface area contributed by atoms with Gasteiger partial charge in [0.05, 0.1) is 12.6 Å². The molecule has 2 aliphatic rings. The maximum absolute atomic E-state index is 11.7. The molecule has 1 N–H and O–H groups in total. The standard InChI is InChI=1S/C11H17N3O3/c1-2-3-9(15)13-5-4-8(7-13)14-10(16)6-12-11(14)17/h8H,2-7H2,1H3,(H,12,17). The molecule has 0 aliphatic carbocycles. The molecule has 2 fully saturated rings. The van der Waals surface area contributed by atoms with Crippen LogP contribution in [0.15, 0.2) is 0 Å². The number of hydrogen-bond donors (Lipinski definition) is 1. The van der Waals surface area contributed by atoms with Crippen molar-refractivity contribution >= 4 is 17.8 Å². The molecule has 6 nitrogen and oxygen atoms in total. The summed E-state index contributed by atoms with van der Waals surface area (Å²) >= 11 is 0. The van der Waals surface area contributed by atoms with Gasteiger partial charge >= 0.3 is 6.03 Å². The Bertz CT molecular complexity index is 340. The van der Waals surface area contributed by atoms with E-state index in [1.807, 2.05) is 6.92 Å². The van der Waals surface area contributed by atoms with E-state index in [4.69, 9.17) is 0 Å². The fourth-order valence-electron chi connectivity index (χ4n) is 2.36. The van der Waals surface area contributed by atoms with E-state index in [0.717, 1.165) is 6.42 Å². The molecule has 0 spiro atoms. The molecule has 2 aliphatic heterocycles. The first kappa shape index (κ1) is 11.9. The molecule has 0 bridgehead atoms. The lowest BCUT2D eigenvalue weighted by Gasteiger charge is -2.21. The molecule has 1 atom stereocenters. The number of likely N-dealkylation sites (tertiary alicyclic amines) is 1. The minimum absolute atomic E-state index is 0.0816. The van der Waals surface area contributed by atoms with Crippen LogP contribution in [0, 0.1) is 0 Å². The fraction of sp³-hybridized carbons (Fsp3) is 0.727. The summed E-state index contributed by atoms with van der Waals surface area (Å²) in [7, 11) is 0. The Kier molecular flexibility index (Phi) is 3.31. The first-order valence-electron chi connectivity index (χ1n) is 6.01. The Morgan fingerprint density at radius 2 is 2.24 bits per heavy atom. The van der Waals surface area contributed by atoms with Crippen LogP contribution >= 0.6 is 0 Å². The monoisotopic (exact) mass is 239 g/mol. The molecule has 6 heteroatoms. The van der Waals surface area contributed by atoms with Gasteiger partial charge in [-0.2, -0.15) is 0 Å². The highest BCUT2D eigenvalue weighted by molar-refractivity contribution is 6.02. The summed E-state index contributed by atoms with van der Waals surface area (Å²) in [6.07, 6.45) is 2.05. The molecule has 0 aromatic carbocycles. The van der Waals surface area contributed by atoms with Gasteiger partial charge in [-0.1, -0.05) is 6.92 Å². The molecule has 2 heterocycles. The van der Waals surface area contributed by atoms with Gasteiger partial charge in [0.25, 0.3) is 0 Å². The highest BCUT2D eigenvalue weighted by atomic mass is 16.2. The zero-order chi connectivity index (χ0) is 12.4. The number of carbonyl (C=O) groups excluding carboxylic acids is 3. The number of nitrogens with one attached hydrogen (secondary N) is 1. The molecule has 2 rings (SSSR count). The molecular weight excluding hydrogens is 222 g/mol. The summed E-state index contributed by atoms with van der Waals surface area (Å²) in [4.78, 5) is 37.7. The second-order valence-corrected chi connectivity index (χ2v) is 4.45. The average Bonchev–Trinajstić information content (AvgIpc) is 2.86. The maximum atomic E-state index is 11.7. The number of amides is 4. The first-order valence-corrected chi connectivity index (χ1v) is 6.01. The van der Waals surface area contributed by atoms with Crippen molar-refractivity contribution in [2.75, 3.05) is 19.6 Å². The number of imide groups is 1. The van der Waals surface area contributed by atoms with Crippen LogP contribution in [0.5, 0.6) is 0 Å². The van der Waals surface area contributed by atoms with E-state index < -0.39 is 0 Å². The Morgan fingerprint density at radius 3 is 2.82 bits per heavy atom.